The summed E-state index contributed by atoms with van der Waals surface area (Å²) in [6, 6.07) is 0. The standard InChI is InChI=1S/C8H10Br2N2O/c1-8(2,3)5-4(9)6(13)12-7(10)11-5/h1-3H3,(H,11,12,13). The largest absolute Gasteiger partial charge is 0.300 e. The summed E-state index contributed by atoms with van der Waals surface area (Å²) in [6.07, 6.45) is 0. The Morgan fingerprint density at radius 3 is 2.31 bits per heavy atom. The van der Waals surface area contributed by atoms with Crippen molar-refractivity contribution in [1.29, 1.82) is 0 Å². The van der Waals surface area contributed by atoms with E-state index in [2.05, 4.69) is 41.8 Å². The predicted octanol–water partition coefficient (Wildman–Crippen LogP) is 2.59. The lowest BCUT2D eigenvalue weighted by atomic mass is 9.92. The molecule has 1 aromatic rings. The summed E-state index contributed by atoms with van der Waals surface area (Å²) >= 11 is 6.38. The van der Waals surface area contributed by atoms with E-state index in [0.717, 1.165) is 5.69 Å². The molecule has 0 fully saturated rings. The summed E-state index contributed by atoms with van der Waals surface area (Å²) in [7, 11) is 0. The van der Waals surface area contributed by atoms with Crippen molar-refractivity contribution in [2.45, 2.75) is 26.2 Å². The lowest BCUT2D eigenvalue weighted by Crippen LogP contribution is -2.21. The second-order valence-electron chi connectivity index (χ2n) is 3.77. The minimum atomic E-state index is -0.160. The van der Waals surface area contributed by atoms with Gasteiger partial charge in [0.1, 0.15) is 4.47 Å². The zero-order valence-electron chi connectivity index (χ0n) is 7.61. The Morgan fingerprint density at radius 1 is 1.31 bits per heavy atom. The molecule has 0 aromatic carbocycles. The van der Waals surface area contributed by atoms with Gasteiger partial charge >= 0.3 is 0 Å². The lowest BCUT2D eigenvalue weighted by molar-refractivity contribution is 0.559. The Balaban J connectivity index is 3.46. The van der Waals surface area contributed by atoms with E-state index < -0.39 is 0 Å². The van der Waals surface area contributed by atoms with Crippen LogP contribution in [-0.4, -0.2) is 9.97 Å². The van der Waals surface area contributed by atoms with Gasteiger partial charge in [0, 0.05) is 5.41 Å². The van der Waals surface area contributed by atoms with Gasteiger partial charge in [0.05, 0.1) is 5.69 Å². The van der Waals surface area contributed by atoms with Gasteiger partial charge in [-0.3, -0.25) is 4.79 Å². The fraction of sp³-hybridized carbons (Fsp3) is 0.500. The molecule has 0 aliphatic carbocycles. The number of nitrogens with one attached hydrogen (secondary N) is 1. The van der Waals surface area contributed by atoms with Crippen LogP contribution in [0.15, 0.2) is 14.0 Å². The van der Waals surface area contributed by atoms with Crippen LogP contribution in [0, 0.1) is 0 Å². The summed E-state index contributed by atoms with van der Waals surface area (Å²) < 4.78 is 0.967. The molecule has 1 rings (SSSR count). The molecular formula is C8H10Br2N2O. The topological polar surface area (TPSA) is 45.8 Å². The van der Waals surface area contributed by atoms with Crippen molar-refractivity contribution < 1.29 is 0 Å². The fourth-order valence-electron chi connectivity index (χ4n) is 0.928. The van der Waals surface area contributed by atoms with Gasteiger partial charge in [-0.25, -0.2) is 4.98 Å². The molecule has 1 heterocycles. The summed E-state index contributed by atoms with van der Waals surface area (Å²) in [5.74, 6) is 0. The molecule has 1 N–H and O–H groups in total. The molecule has 13 heavy (non-hydrogen) atoms. The number of halogens is 2. The molecule has 0 atom stereocenters. The first-order valence-corrected chi connectivity index (χ1v) is 5.37. The van der Waals surface area contributed by atoms with Gasteiger partial charge in [-0.15, -0.1) is 0 Å². The van der Waals surface area contributed by atoms with E-state index in [9.17, 15) is 4.79 Å². The molecule has 0 spiro atoms. The molecule has 0 amide bonds. The average Bonchev–Trinajstić information content (AvgIpc) is 1.94. The zero-order chi connectivity index (χ0) is 10.2. The van der Waals surface area contributed by atoms with Crippen LogP contribution in [0.5, 0.6) is 0 Å². The minimum Gasteiger partial charge on any atom is -0.300 e. The third-order valence-electron chi connectivity index (χ3n) is 1.54. The van der Waals surface area contributed by atoms with Crippen LogP contribution in [0.25, 0.3) is 0 Å². The van der Waals surface area contributed by atoms with Crippen LogP contribution in [0.1, 0.15) is 26.5 Å². The van der Waals surface area contributed by atoms with E-state index in [1.165, 1.54) is 0 Å². The van der Waals surface area contributed by atoms with Crippen LogP contribution in [-0.2, 0) is 5.41 Å². The Labute approximate surface area is 93.2 Å². The number of hydrogen-bond acceptors (Lipinski definition) is 2. The fourth-order valence-corrected chi connectivity index (χ4v) is 2.07. The highest BCUT2D eigenvalue weighted by molar-refractivity contribution is 9.10. The van der Waals surface area contributed by atoms with Crippen molar-refractivity contribution >= 4 is 31.9 Å². The zero-order valence-corrected chi connectivity index (χ0v) is 10.8. The molecule has 0 aliphatic heterocycles. The summed E-state index contributed by atoms with van der Waals surface area (Å²) in [6.45, 7) is 6.02. The molecule has 72 valence electrons. The Morgan fingerprint density at radius 2 is 1.85 bits per heavy atom. The van der Waals surface area contributed by atoms with Crippen molar-refractivity contribution in [3.63, 3.8) is 0 Å². The molecule has 0 radical (unpaired) electrons. The van der Waals surface area contributed by atoms with Crippen LogP contribution >= 0.6 is 31.9 Å². The molecule has 0 bridgehead atoms. The van der Waals surface area contributed by atoms with Gasteiger partial charge in [-0.05, 0) is 31.9 Å². The van der Waals surface area contributed by atoms with E-state index in [0.29, 0.717) is 9.21 Å². The van der Waals surface area contributed by atoms with Gasteiger partial charge in [-0.1, -0.05) is 20.8 Å². The smallest absolute Gasteiger partial charge is 0.266 e. The monoisotopic (exact) mass is 308 g/mol. The van der Waals surface area contributed by atoms with Crippen molar-refractivity contribution in [2.75, 3.05) is 0 Å². The van der Waals surface area contributed by atoms with Crippen LogP contribution in [0.3, 0.4) is 0 Å². The number of hydrogen-bond donors (Lipinski definition) is 1. The van der Waals surface area contributed by atoms with Crippen molar-refractivity contribution in [3.05, 3.63) is 25.3 Å². The Kier molecular flexibility index (Phi) is 2.97. The number of H-pyrrole nitrogens is 1. The molecule has 0 aliphatic rings. The highest BCUT2D eigenvalue weighted by Crippen LogP contribution is 2.25. The van der Waals surface area contributed by atoms with Crippen LogP contribution in [0.4, 0.5) is 0 Å². The summed E-state index contributed by atoms with van der Waals surface area (Å²) in [5, 5.41) is 0. The maximum atomic E-state index is 11.3. The second kappa shape index (κ2) is 3.53. The van der Waals surface area contributed by atoms with Crippen molar-refractivity contribution in [3.8, 4) is 0 Å². The summed E-state index contributed by atoms with van der Waals surface area (Å²) in [5.41, 5.74) is 0.449. The number of rotatable bonds is 0. The Bertz CT molecular complexity index is 379. The van der Waals surface area contributed by atoms with Gasteiger partial charge in [0.25, 0.3) is 5.56 Å². The molecule has 3 nitrogen and oxygen atoms in total. The Hall–Kier alpha value is -0.160. The van der Waals surface area contributed by atoms with E-state index >= 15 is 0 Å². The summed E-state index contributed by atoms with van der Waals surface area (Å²) in [4.78, 5) is 18.1. The molecule has 1 aromatic heterocycles. The van der Waals surface area contributed by atoms with E-state index in [-0.39, 0.29) is 11.0 Å². The molecule has 5 heteroatoms. The molecule has 0 saturated heterocycles. The molecule has 0 saturated carbocycles. The highest BCUT2D eigenvalue weighted by atomic mass is 79.9. The van der Waals surface area contributed by atoms with Crippen molar-refractivity contribution in [1.82, 2.24) is 9.97 Å². The third-order valence-corrected chi connectivity index (χ3v) is 2.66. The van der Waals surface area contributed by atoms with Gasteiger partial charge in [-0.2, -0.15) is 0 Å². The van der Waals surface area contributed by atoms with E-state index in [1.54, 1.807) is 0 Å². The maximum absolute atomic E-state index is 11.3. The van der Waals surface area contributed by atoms with Crippen molar-refractivity contribution in [2.24, 2.45) is 0 Å². The van der Waals surface area contributed by atoms with E-state index in [4.69, 9.17) is 0 Å². The molecule has 0 unspecified atom stereocenters. The quantitative estimate of drug-likeness (QED) is 0.749. The van der Waals surface area contributed by atoms with E-state index in [1.807, 2.05) is 20.8 Å². The lowest BCUT2D eigenvalue weighted by Gasteiger charge is -2.18. The minimum absolute atomic E-state index is 0.143. The number of aromatic amines is 1. The normalized spacial score (nSPS) is 11.8. The van der Waals surface area contributed by atoms with Gasteiger partial charge in [0.2, 0.25) is 0 Å². The third kappa shape index (κ3) is 2.40. The first-order chi connectivity index (χ1) is 5.82. The second-order valence-corrected chi connectivity index (χ2v) is 5.31. The first kappa shape index (κ1) is 10.9. The molecular weight excluding hydrogens is 300 g/mol. The SMILES string of the molecule is CC(C)(C)c1nc(Br)[nH]c(=O)c1Br. The van der Waals surface area contributed by atoms with Gasteiger partial charge in [0.15, 0.2) is 4.73 Å². The van der Waals surface area contributed by atoms with Crippen LogP contribution < -0.4 is 5.56 Å². The van der Waals surface area contributed by atoms with Crippen LogP contribution in [0.2, 0.25) is 0 Å². The average molecular weight is 310 g/mol. The highest BCUT2D eigenvalue weighted by Gasteiger charge is 2.21. The number of nitrogens with zero attached hydrogens (tertiary/aromatic N) is 1. The predicted molar refractivity (Wildman–Crippen MR) is 59.0 cm³/mol. The van der Waals surface area contributed by atoms with Gasteiger partial charge < -0.3 is 4.98 Å². The maximum Gasteiger partial charge on any atom is 0.266 e. The first-order valence-electron chi connectivity index (χ1n) is 3.78. The number of aromatic nitrogens is 2.